The molecule has 1 N–H and O–H groups in total. The van der Waals surface area contributed by atoms with Gasteiger partial charge < -0.3 is 0 Å². The normalized spacial score (nSPS) is 16.0. The van der Waals surface area contributed by atoms with Gasteiger partial charge in [0.25, 0.3) is 0 Å². The van der Waals surface area contributed by atoms with E-state index in [9.17, 15) is 4.79 Å². The zero-order valence-corrected chi connectivity index (χ0v) is 7.53. The maximum Gasteiger partial charge on any atom is 0.181 e. The number of aromatic amines is 1. The van der Waals surface area contributed by atoms with E-state index in [-0.39, 0.29) is 0 Å². The molecule has 2 aromatic heterocycles. The fraction of sp³-hybridized carbons (Fsp3) is 0.300. The van der Waals surface area contributed by atoms with Gasteiger partial charge in [0, 0.05) is 28.8 Å². The Hall–Kier alpha value is -1.71. The monoisotopic (exact) mass is 187 g/mol. The number of carbonyl (C=O) groups excluding carboxylic acids is 1. The first kappa shape index (κ1) is 7.67. The second-order valence-electron chi connectivity index (χ2n) is 3.67. The van der Waals surface area contributed by atoms with Crippen LogP contribution in [0.2, 0.25) is 0 Å². The molecule has 1 fully saturated rings. The van der Waals surface area contributed by atoms with E-state index in [1.54, 1.807) is 6.20 Å². The molecule has 0 aromatic carbocycles. The van der Waals surface area contributed by atoms with Crippen LogP contribution in [0.4, 0.5) is 0 Å². The van der Waals surface area contributed by atoms with Crippen molar-refractivity contribution in [2.45, 2.75) is 18.8 Å². The first-order valence-electron chi connectivity index (χ1n) is 4.67. The summed E-state index contributed by atoms with van der Waals surface area (Å²) in [6.45, 7) is 0. The average Bonchev–Trinajstić information content (AvgIpc) is 2.98. The predicted molar refractivity (Wildman–Crippen MR) is 51.3 cm³/mol. The molecule has 4 heteroatoms. The quantitative estimate of drug-likeness (QED) is 0.727. The van der Waals surface area contributed by atoms with Crippen molar-refractivity contribution in [3.05, 3.63) is 23.5 Å². The van der Waals surface area contributed by atoms with Gasteiger partial charge in [0.2, 0.25) is 0 Å². The Morgan fingerprint density at radius 2 is 2.36 bits per heavy atom. The van der Waals surface area contributed by atoms with Crippen LogP contribution in [-0.2, 0) is 0 Å². The molecule has 1 aliphatic rings. The predicted octanol–water partition coefficient (Wildman–Crippen LogP) is 1.65. The topological polar surface area (TPSA) is 58.6 Å². The first-order chi connectivity index (χ1) is 6.88. The number of carbonyl (C=O) groups is 1. The molecule has 0 radical (unpaired) electrons. The Labute approximate surface area is 80.3 Å². The summed E-state index contributed by atoms with van der Waals surface area (Å²) in [7, 11) is 0. The minimum Gasteiger partial charge on any atom is -0.298 e. The Morgan fingerprint density at radius 3 is 3.07 bits per heavy atom. The molecule has 0 saturated heterocycles. The molecule has 0 bridgehead atoms. The van der Waals surface area contributed by atoms with Crippen molar-refractivity contribution in [3.8, 4) is 0 Å². The smallest absolute Gasteiger partial charge is 0.181 e. The van der Waals surface area contributed by atoms with E-state index >= 15 is 0 Å². The van der Waals surface area contributed by atoms with E-state index in [0.29, 0.717) is 17.1 Å². The zero-order chi connectivity index (χ0) is 9.54. The van der Waals surface area contributed by atoms with Crippen molar-refractivity contribution in [3.63, 3.8) is 0 Å². The van der Waals surface area contributed by atoms with Gasteiger partial charge in [-0.2, -0.15) is 5.10 Å². The maximum atomic E-state index is 10.6. The standard InChI is InChI=1S/C10H9N3O/c14-5-6-3-8-9(7-1-2-7)12-13-10(8)11-4-6/h3-5,7H,1-2H2,(H,11,12,13). The van der Waals surface area contributed by atoms with Gasteiger partial charge in [0.1, 0.15) is 0 Å². The maximum absolute atomic E-state index is 10.6. The van der Waals surface area contributed by atoms with E-state index in [1.165, 1.54) is 12.8 Å². The van der Waals surface area contributed by atoms with Crippen LogP contribution in [0.3, 0.4) is 0 Å². The number of pyridine rings is 1. The minimum absolute atomic E-state index is 0.601. The van der Waals surface area contributed by atoms with Gasteiger partial charge in [-0.05, 0) is 18.9 Å². The van der Waals surface area contributed by atoms with Crippen molar-refractivity contribution in [1.82, 2.24) is 15.2 Å². The van der Waals surface area contributed by atoms with Gasteiger partial charge in [-0.3, -0.25) is 9.89 Å². The highest BCUT2D eigenvalue weighted by Crippen LogP contribution is 2.41. The Balaban J connectivity index is 2.25. The van der Waals surface area contributed by atoms with Crippen molar-refractivity contribution < 1.29 is 4.79 Å². The molecule has 0 atom stereocenters. The molecule has 4 nitrogen and oxygen atoms in total. The molecule has 2 aromatic rings. The molecular weight excluding hydrogens is 178 g/mol. The van der Waals surface area contributed by atoms with Crippen molar-refractivity contribution >= 4 is 17.3 Å². The number of hydrogen-bond acceptors (Lipinski definition) is 3. The van der Waals surface area contributed by atoms with Crippen LogP contribution >= 0.6 is 0 Å². The summed E-state index contributed by atoms with van der Waals surface area (Å²) in [5.41, 5.74) is 2.45. The van der Waals surface area contributed by atoms with Gasteiger partial charge >= 0.3 is 0 Å². The second-order valence-corrected chi connectivity index (χ2v) is 3.67. The van der Waals surface area contributed by atoms with Crippen LogP contribution in [0.1, 0.15) is 34.8 Å². The lowest BCUT2D eigenvalue weighted by Crippen LogP contribution is -1.84. The fourth-order valence-electron chi connectivity index (χ4n) is 1.68. The van der Waals surface area contributed by atoms with E-state index < -0.39 is 0 Å². The van der Waals surface area contributed by atoms with Crippen LogP contribution < -0.4 is 0 Å². The number of hydrogen-bond donors (Lipinski definition) is 1. The first-order valence-corrected chi connectivity index (χ1v) is 4.67. The number of nitrogens with one attached hydrogen (secondary N) is 1. The number of rotatable bonds is 2. The third kappa shape index (κ3) is 1.04. The van der Waals surface area contributed by atoms with Crippen LogP contribution in [-0.4, -0.2) is 21.5 Å². The third-order valence-corrected chi connectivity index (χ3v) is 2.58. The average molecular weight is 187 g/mol. The van der Waals surface area contributed by atoms with E-state index in [0.717, 1.165) is 17.4 Å². The van der Waals surface area contributed by atoms with Crippen LogP contribution in [0.15, 0.2) is 12.3 Å². The van der Waals surface area contributed by atoms with E-state index in [2.05, 4.69) is 15.2 Å². The molecule has 0 amide bonds. The van der Waals surface area contributed by atoms with Crippen LogP contribution in [0.25, 0.3) is 11.0 Å². The number of nitrogens with zero attached hydrogens (tertiary/aromatic N) is 2. The summed E-state index contributed by atoms with van der Waals surface area (Å²) in [6, 6.07) is 1.85. The van der Waals surface area contributed by atoms with Gasteiger partial charge in [-0.15, -0.1) is 0 Å². The molecule has 2 heterocycles. The fourth-order valence-corrected chi connectivity index (χ4v) is 1.68. The van der Waals surface area contributed by atoms with Crippen LogP contribution in [0, 0.1) is 0 Å². The summed E-state index contributed by atoms with van der Waals surface area (Å²) in [6.07, 6.45) is 4.79. The highest BCUT2D eigenvalue weighted by molar-refractivity contribution is 5.85. The summed E-state index contributed by atoms with van der Waals surface area (Å²) >= 11 is 0. The van der Waals surface area contributed by atoms with Crippen molar-refractivity contribution in [1.29, 1.82) is 0 Å². The number of aldehydes is 1. The van der Waals surface area contributed by atoms with Crippen molar-refractivity contribution in [2.75, 3.05) is 0 Å². The Morgan fingerprint density at radius 1 is 1.50 bits per heavy atom. The second kappa shape index (κ2) is 2.64. The van der Waals surface area contributed by atoms with E-state index in [1.807, 2.05) is 6.07 Å². The van der Waals surface area contributed by atoms with Crippen molar-refractivity contribution in [2.24, 2.45) is 0 Å². The Bertz CT molecular complexity index is 499. The number of aromatic nitrogens is 3. The van der Waals surface area contributed by atoms with Gasteiger partial charge in [-0.1, -0.05) is 0 Å². The van der Waals surface area contributed by atoms with Crippen LogP contribution in [0.5, 0.6) is 0 Å². The summed E-state index contributed by atoms with van der Waals surface area (Å²) in [5, 5.41) is 8.10. The molecule has 3 rings (SSSR count). The van der Waals surface area contributed by atoms with E-state index in [4.69, 9.17) is 0 Å². The SMILES string of the molecule is O=Cc1cnc2n[nH]c(C3CC3)c2c1. The Kier molecular flexibility index (Phi) is 1.45. The lowest BCUT2D eigenvalue weighted by Gasteiger charge is -1.93. The minimum atomic E-state index is 0.601. The number of fused-ring (bicyclic) bond motifs is 1. The highest BCUT2D eigenvalue weighted by Gasteiger charge is 2.27. The molecule has 0 unspecified atom stereocenters. The molecule has 1 saturated carbocycles. The lowest BCUT2D eigenvalue weighted by atomic mass is 10.1. The number of H-pyrrole nitrogens is 1. The highest BCUT2D eigenvalue weighted by atomic mass is 16.1. The molecular formula is C10H9N3O. The molecule has 1 aliphatic carbocycles. The largest absolute Gasteiger partial charge is 0.298 e. The molecule has 14 heavy (non-hydrogen) atoms. The van der Waals surface area contributed by atoms with Gasteiger partial charge in [0.15, 0.2) is 11.9 Å². The van der Waals surface area contributed by atoms with Gasteiger partial charge in [-0.25, -0.2) is 4.98 Å². The summed E-state index contributed by atoms with van der Waals surface area (Å²) in [5.74, 6) is 0.601. The summed E-state index contributed by atoms with van der Waals surface area (Å²) < 4.78 is 0. The summed E-state index contributed by atoms with van der Waals surface area (Å²) in [4.78, 5) is 14.7. The zero-order valence-electron chi connectivity index (χ0n) is 7.53. The third-order valence-electron chi connectivity index (χ3n) is 2.58. The molecule has 70 valence electrons. The molecule has 0 aliphatic heterocycles. The lowest BCUT2D eigenvalue weighted by molar-refractivity contribution is 0.112. The van der Waals surface area contributed by atoms with Gasteiger partial charge in [0.05, 0.1) is 0 Å². The molecule has 0 spiro atoms.